The van der Waals surface area contributed by atoms with Gasteiger partial charge in [-0.05, 0) is 35.9 Å². The smallest absolute Gasteiger partial charge is 0.161 e. The topological polar surface area (TPSA) is 43.6 Å². The molecule has 3 aromatic rings. The molecule has 1 aromatic heterocycles. The van der Waals surface area contributed by atoms with E-state index >= 15 is 0 Å². The van der Waals surface area contributed by atoms with Gasteiger partial charge < -0.3 is 0 Å². The molecular weight excluding hydrogens is 224 g/mol. The predicted molar refractivity (Wildman–Crippen MR) is 71.1 cm³/mol. The van der Waals surface area contributed by atoms with Crippen molar-refractivity contribution in [3.05, 3.63) is 42.5 Å². The van der Waals surface area contributed by atoms with Gasteiger partial charge in [-0.15, -0.1) is 10.2 Å². The third-order valence-corrected chi connectivity index (χ3v) is 2.90. The Morgan fingerprint density at radius 3 is 2.50 bits per heavy atom. The Morgan fingerprint density at radius 2 is 1.78 bits per heavy atom. The van der Waals surface area contributed by atoms with Crippen molar-refractivity contribution in [1.82, 2.24) is 20.2 Å². The van der Waals surface area contributed by atoms with Gasteiger partial charge >= 0.3 is 0 Å². The Morgan fingerprint density at radius 1 is 1.00 bits per heavy atom. The van der Waals surface area contributed by atoms with Gasteiger partial charge in [-0.3, -0.25) is 0 Å². The number of rotatable bonds is 2. The van der Waals surface area contributed by atoms with Crippen LogP contribution in [0.1, 0.15) is 19.9 Å². The maximum Gasteiger partial charge on any atom is 0.204 e. The fourth-order valence-electron chi connectivity index (χ4n) is 1.89. The molecule has 0 bridgehead atoms. The molecule has 0 saturated carbocycles. The number of benzene rings is 2. The van der Waals surface area contributed by atoms with Gasteiger partial charge in [0.2, 0.25) is 5.82 Å². The summed E-state index contributed by atoms with van der Waals surface area (Å²) in [5, 5.41) is 14.9. The van der Waals surface area contributed by atoms with E-state index < -0.39 is 0 Å². The minimum Gasteiger partial charge on any atom is -0.161 e. The second-order valence-electron chi connectivity index (χ2n) is 4.59. The molecule has 1 heterocycles. The molecule has 4 nitrogen and oxygen atoms in total. The maximum absolute atomic E-state index is 4.38. The number of nitrogens with zero attached hydrogens (tertiary/aromatic N) is 4. The van der Waals surface area contributed by atoms with Crippen molar-refractivity contribution in [3.63, 3.8) is 0 Å². The van der Waals surface area contributed by atoms with Crippen molar-refractivity contribution in [3.8, 4) is 11.4 Å². The van der Waals surface area contributed by atoms with Crippen molar-refractivity contribution in [1.29, 1.82) is 0 Å². The molecule has 0 radical (unpaired) electrons. The molecule has 18 heavy (non-hydrogen) atoms. The summed E-state index contributed by atoms with van der Waals surface area (Å²) < 4.78 is 0. The Kier molecular flexibility index (Phi) is 2.55. The quantitative estimate of drug-likeness (QED) is 0.689. The van der Waals surface area contributed by atoms with Crippen molar-refractivity contribution >= 4 is 10.8 Å². The van der Waals surface area contributed by atoms with Crippen molar-refractivity contribution < 1.29 is 0 Å². The van der Waals surface area contributed by atoms with E-state index in [0.717, 1.165) is 5.56 Å². The van der Waals surface area contributed by atoms with E-state index in [1.807, 2.05) is 32.0 Å². The fraction of sp³-hybridized carbons (Fsp3) is 0.214. The molecule has 0 spiro atoms. The highest BCUT2D eigenvalue weighted by atomic mass is 15.6. The summed E-state index contributed by atoms with van der Waals surface area (Å²) in [6.45, 7) is 4.07. The lowest BCUT2D eigenvalue weighted by Crippen LogP contribution is -2.04. The minimum absolute atomic E-state index is 0.228. The molecule has 0 unspecified atom stereocenters. The number of tetrazole rings is 1. The molecular formula is C14H14N4. The summed E-state index contributed by atoms with van der Waals surface area (Å²) in [6, 6.07) is 14.7. The highest BCUT2D eigenvalue weighted by Gasteiger charge is 2.08. The standard InChI is InChI=1S/C14H14N4/c1-10(2)18-16-14(15-17-18)13-8-7-11-5-3-4-6-12(11)9-13/h3-10H,1-2H3. The summed E-state index contributed by atoms with van der Waals surface area (Å²) in [5.41, 5.74) is 1.00. The normalized spacial score (nSPS) is 11.3. The van der Waals surface area contributed by atoms with Crippen LogP contribution in [0.5, 0.6) is 0 Å². The molecule has 0 fully saturated rings. The lowest BCUT2D eigenvalue weighted by molar-refractivity contribution is 0.455. The van der Waals surface area contributed by atoms with Crippen molar-refractivity contribution in [2.75, 3.05) is 0 Å². The molecule has 0 aliphatic heterocycles. The Labute approximate surface area is 105 Å². The van der Waals surface area contributed by atoms with Gasteiger partial charge in [-0.1, -0.05) is 36.4 Å². The molecule has 4 heteroatoms. The second kappa shape index (κ2) is 4.22. The van der Waals surface area contributed by atoms with Gasteiger partial charge in [0.15, 0.2) is 0 Å². The molecule has 0 N–H and O–H groups in total. The number of hydrogen-bond donors (Lipinski definition) is 0. The third kappa shape index (κ3) is 1.86. The number of fused-ring (bicyclic) bond motifs is 1. The van der Waals surface area contributed by atoms with Gasteiger partial charge in [-0.2, -0.15) is 4.80 Å². The van der Waals surface area contributed by atoms with Crippen LogP contribution in [0.4, 0.5) is 0 Å². The van der Waals surface area contributed by atoms with Crippen LogP contribution in [0.2, 0.25) is 0 Å². The van der Waals surface area contributed by atoms with Crippen LogP contribution in [0, 0.1) is 0 Å². The van der Waals surface area contributed by atoms with Crippen LogP contribution in [-0.4, -0.2) is 20.2 Å². The molecule has 0 amide bonds. The summed E-state index contributed by atoms with van der Waals surface area (Å²) in [5.74, 6) is 0.675. The van der Waals surface area contributed by atoms with Crippen molar-refractivity contribution in [2.24, 2.45) is 0 Å². The number of aromatic nitrogens is 4. The lowest BCUT2D eigenvalue weighted by atomic mass is 10.1. The third-order valence-electron chi connectivity index (χ3n) is 2.90. The van der Waals surface area contributed by atoms with E-state index in [0.29, 0.717) is 5.82 Å². The molecule has 0 aliphatic rings. The molecule has 0 saturated heterocycles. The zero-order valence-electron chi connectivity index (χ0n) is 10.4. The van der Waals surface area contributed by atoms with Crippen LogP contribution in [0.25, 0.3) is 22.2 Å². The van der Waals surface area contributed by atoms with E-state index in [4.69, 9.17) is 0 Å². The Balaban J connectivity index is 2.07. The first-order valence-corrected chi connectivity index (χ1v) is 6.03. The van der Waals surface area contributed by atoms with Crippen LogP contribution < -0.4 is 0 Å². The number of hydrogen-bond acceptors (Lipinski definition) is 3. The van der Waals surface area contributed by atoms with Gasteiger partial charge in [0.1, 0.15) is 0 Å². The van der Waals surface area contributed by atoms with Crippen LogP contribution in [-0.2, 0) is 0 Å². The Hall–Kier alpha value is -2.23. The zero-order valence-corrected chi connectivity index (χ0v) is 10.4. The van der Waals surface area contributed by atoms with Gasteiger partial charge in [0.25, 0.3) is 0 Å². The molecule has 90 valence electrons. The van der Waals surface area contributed by atoms with Crippen LogP contribution >= 0.6 is 0 Å². The lowest BCUT2D eigenvalue weighted by Gasteiger charge is -2.01. The average molecular weight is 238 g/mol. The molecule has 0 atom stereocenters. The second-order valence-corrected chi connectivity index (χ2v) is 4.59. The highest BCUT2D eigenvalue weighted by Crippen LogP contribution is 2.21. The highest BCUT2D eigenvalue weighted by molar-refractivity contribution is 5.86. The maximum atomic E-state index is 4.38. The van der Waals surface area contributed by atoms with E-state index in [9.17, 15) is 0 Å². The van der Waals surface area contributed by atoms with Gasteiger partial charge in [0, 0.05) is 5.56 Å². The first kappa shape index (κ1) is 10.9. The average Bonchev–Trinajstić information content (AvgIpc) is 2.88. The zero-order chi connectivity index (χ0) is 12.5. The van der Waals surface area contributed by atoms with E-state index in [2.05, 4.69) is 39.7 Å². The summed E-state index contributed by atoms with van der Waals surface area (Å²) in [6.07, 6.45) is 0. The van der Waals surface area contributed by atoms with E-state index in [-0.39, 0.29) is 6.04 Å². The monoisotopic (exact) mass is 238 g/mol. The molecule has 0 aliphatic carbocycles. The SMILES string of the molecule is CC(C)n1nnc(-c2ccc3ccccc3c2)n1. The van der Waals surface area contributed by atoms with E-state index in [1.165, 1.54) is 10.8 Å². The van der Waals surface area contributed by atoms with Crippen LogP contribution in [0.15, 0.2) is 42.5 Å². The summed E-state index contributed by atoms with van der Waals surface area (Å²) in [4.78, 5) is 1.63. The van der Waals surface area contributed by atoms with Crippen LogP contribution in [0.3, 0.4) is 0 Å². The predicted octanol–water partition coefficient (Wildman–Crippen LogP) is 3.07. The molecule has 3 rings (SSSR count). The first-order valence-electron chi connectivity index (χ1n) is 6.03. The largest absolute Gasteiger partial charge is 0.204 e. The minimum atomic E-state index is 0.228. The summed E-state index contributed by atoms with van der Waals surface area (Å²) in [7, 11) is 0. The fourth-order valence-corrected chi connectivity index (χ4v) is 1.89. The van der Waals surface area contributed by atoms with Crippen molar-refractivity contribution in [2.45, 2.75) is 19.9 Å². The molecule has 2 aromatic carbocycles. The first-order chi connectivity index (χ1) is 8.74. The van der Waals surface area contributed by atoms with Gasteiger partial charge in [0.05, 0.1) is 6.04 Å². The summed E-state index contributed by atoms with van der Waals surface area (Å²) >= 11 is 0. The van der Waals surface area contributed by atoms with Gasteiger partial charge in [-0.25, -0.2) is 0 Å². The van der Waals surface area contributed by atoms with E-state index in [1.54, 1.807) is 4.80 Å². The Bertz CT molecular complexity index is 685.